The molecule has 312 valence electrons. The maximum absolute atomic E-state index is 13.2. The number of aliphatic carboxylic acids is 1. The van der Waals surface area contributed by atoms with Gasteiger partial charge in [0, 0.05) is 41.9 Å². The van der Waals surface area contributed by atoms with Crippen molar-refractivity contribution in [1.82, 2.24) is 5.43 Å². The van der Waals surface area contributed by atoms with Crippen LogP contribution in [-0.2, 0) is 25.0 Å². The smallest absolute Gasteiger partial charge is 0.342 e. The number of hydrazine groups is 1. The van der Waals surface area contributed by atoms with E-state index in [-0.39, 0.29) is 60.3 Å². The summed E-state index contributed by atoms with van der Waals surface area (Å²) in [7, 11) is -6.06. The number of carbonyl (C=O) groups is 1. The minimum absolute atomic E-state index is 0.0387. The fraction of sp³-hybridized carbons (Fsp3) is 0.243. The van der Waals surface area contributed by atoms with E-state index >= 15 is 0 Å². The fourth-order valence-electron chi connectivity index (χ4n) is 4.65. The summed E-state index contributed by atoms with van der Waals surface area (Å²) in [5.74, 6) is -0.631. The zero-order chi connectivity index (χ0) is 43.2. The summed E-state index contributed by atoms with van der Waals surface area (Å²) in [5.41, 5.74) is 10.3. The molecule has 0 saturated carbocycles. The zero-order valence-electron chi connectivity index (χ0n) is 32.4. The fourth-order valence-corrected chi connectivity index (χ4v) is 7.34. The van der Waals surface area contributed by atoms with Crippen molar-refractivity contribution in [1.29, 1.82) is 0 Å². The molecule has 4 aromatic rings. The number of hydrazone groups is 2. The van der Waals surface area contributed by atoms with E-state index in [0.29, 0.717) is 24.0 Å². The van der Waals surface area contributed by atoms with Crippen LogP contribution in [0.2, 0.25) is 10.0 Å². The largest absolute Gasteiger partial charge is 0.495 e. The molecule has 0 aliphatic rings. The van der Waals surface area contributed by atoms with Crippen LogP contribution in [0.3, 0.4) is 0 Å². The van der Waals surface area contributed by atoms with Crippen molar-refractivity contribution in [2.75, 3.05) is 14.2 Å². The topological polar surface area (TPSA) is 217 Å². The maximum Gasteiger partial charge on any atom is 0.342 e. The minimum Gasteiger partial charge on any atom is -0.495 e. The van der Waals surface area contributed by atoms with Crippen molar-refractivity contribution in [3.63, 3.8) is 0 Å². The summed E-state index contributed by atoms with van der Waals surface area (Å²) in [5, 5.41) is 12.0. The normalized spacial score (nSPS) is 12.1. The van der Waals surface area contributed by atoms with E-state index in [9.17, 15) is 16.8 Å². The summed E-state index contributed by atoms with van der Waals surface area (Å²) in [4.78, 5) is 22.6. The average Bonchev–Trinajstić information content (AvgIpc) is 3.10. The number of hydrogen-bond acceptors (Lipinski definition) is 12. The zero-order valence-corrected chi connectivity index (χ0v) is 35.6. The number of ether oxygens (including phenoxy) is 2. The molecule has 4 N–H and O–H groups in total. The molecule has 0 aromatic heterocycles. The highest BCUT2D eigenvalue weighted by Gasteiger charge is 2.25. The Morgan fingerprint density at radius 1 is 0.741 bits per heavy atom. The minimum atomic E-state index is -4.36. The molecule has 0 aliphatic carbocycles. The van der Waals surface area contributed by atoms with E-state index in [4.69, 9.17) is 66.4 Å². The highest BCUT2D eigenvalue weighted by atomic mass is 35.5. The Balaban J connectivity index is 0.00000215. The van der Waals surface area contributed by atoms with Gasteiger partial charge in [-0.2, -0.15) is 16.8 Å². The van der Waals surface area contributed by atoms with Gasteiger partial charge in [-0.1, -0.05) is 42.5 Å². The third-order valence-corrected chi connectivity index (χ3v) is 9.78. The van der Waals surface area contributed by atoms with Gasteiger partial charge in [0.25, 0.3) is 5.97 Å². The molecular weight excluding hydrogens is 841 g/mol. The molecular formula is C37H43Cl2N5O12S2+2. The molecule has 0 amide bonds. The summed E-state index contributed by atoms with van der Waals surface area (Å²) in [6.07, 6.45) is 4.12. The molecule has 0 saturated heterocycles. The number of nitrogens with one attached hydrogen (secondary N) is 1. The molecule has 17 nitrogen and oxygen atoms in total. The quantitative estimate of drug-likeness (QED) is 0.0372. The van der Waals surface area contributed by atoms with Crippen molar-refractivity contribution in [3.05, 3.63) is 94.0 Å². The maximum atomic E-state index is 13.2. The van der Waals surface area contributed by atoms with Gasteiger partial charge in [-0.15, -0.1) is 0 Å². The monoisotopic (exact) mass is 883 g/mol. The van der Waals surface area contributed by atoms with Crippen LogP contribution in [0.15, 0.2) is 87.7 Å². The Bertz CT molecular complexity index is 2420. The van der Waals surface area contributed by atoms with Gasteiger partial charge in [0.2, 0.25) is 23.9 Å². The molecule has 0 unspecified atom stereocenters. The van der Waals surface area contributed by atoms with Gasteiger partial charge < -0.3 is 28.7 Å². The van der Waals surface area contributed by atoms with Crippen LogP contribution in [0, 0.1) is 13.8 Å². The molecule has 0 heterocycles. The van der Waals surface area contributed by atoms with Gasteiger partial charge in [0.15, 0.2) is 0 Å². The first kappa shape index (κ1) is 46.6. The molecule has 0 fully saturated rings. The van der Waals surface area contributed by atoms with E-state index in [1.807, 2.05) is 13.8 Å². The standard InChI is InChI=1S/C35H39Cl2N5O10S2.C2H4O2/c1-7-13-41(49-27-15-23(3)17-29(21-27)51-53(43,44)33-19-25(36)9-11-31(33)47-5)39-35(38)40-42(14-8-2)50-28-16-24(4)18-30(22-28)52-54(45,46)34-20-26(37)10-12-32(34)48-6;1-2(3)4/h9-22H,7-8H2,1-6H3,(H3,38,39,40);1H3,(H,3,4)/q+2;. The number of aryl methyl sites for hydroxylation is 2. The lowest BCUT2D eigenvalue weighted by molar-refractivity contribution is -0.777. The second-order valence-corrected chi connectivity index (χ2v) is 15.6. The van der Waals surface area contributed by atoms with Crippen molar-refractivity contribution in [3.8, 4) is 34.5 Å². The number of rotatable bonds is 16. The average molecular weight is 885 g/mol. The number of halogens is 2. The number of methoxy groups -OCH3 is 2. The molecule has 0 radical (unpaired) electrons. The van der Waals surface area contributed by atoms with Crippen LogP contribution in [0.4, 0.5) is 0 Å². The third-order valence-electron chi connectivity index (χ3n) is 6.77. The van der Waals surface area contributed by atoms with Crippen LogP contribution in [0.25, 0.3) is 0 Å². The molecule has 21 heteroatoms. The second-order valence-electron chi connectivity index (χ2n) is 11.7. The Labute approximate surface area is 346 Å². The number of guanidine groups is 1. The third kappa shape index (κ3) is 14.3. The lowest BCUT2D eigenvalue weighted by Gasteiger charge is -2.12. The molecule has 4 rings (SSSR count). The molecule has 4 aromatic carbocycles. The Kier molecular flexibility index (Phi) is 17.0. The van der Waals surface area contributed by atoms with Crippen molar-refractivity contribution in [2.24, 2.45) is 10.8 Å². The number of nitrogens with two attached hydrogens (primary N) is 1. The summed E-state index contributed by atoms with van der Waals surface area (Å²) < 4.78 is 73.9. The Hall–Kier alpha value is -5.76. The predicted octanol–water partition coefficient (Wildman–Crippen LogP) is 6.26. The van der Waals surface area contributed by atoms with Gasteiger partial charge in [0.05, 0.1) is 19.3 Å². The Morgan fingerprint density at radius 2 is 1.16 bits per heavy atom. The van der Waals surface area contributed by atoms with Crippen LogP contribution in [0.1, 0.15) is 44.7 Å². The molecule has 0 atom stereocenters. The van der Waals surface area contributed by atoms with Crippen molar-refractivity contribution in [2.45, 2.75) is 57.3 Å². The SMILES string of the molecule is CC(=O)O.CCC=[N+](N=C(N)N[N+](=CCC)Oc1cc(C)cc(OS(=O)(=O)c2cc(Cl)ccc2OC)c1)Oc1cc(C)cc(OS(=O)(=O)c2cc(Cl)ccc2OC)c1. The van der Waals surface area contributed by atoms with Crippen LogP contribution in [0.5, 0.6) is 34.5 Å². The van der Waals surface area contributed by atoms with Gasteiger partial charge in [-0.25, -0.2) is 9.68 Å². The van der Waals surface area contributed by atoms with Gasteiger partial charge in [-0.05, 0) is 85.6 Å². The molecule has 0 spiro atoms. The van der Waals surface area contributed by atoms with E-state index in [1.54, 1.807) is 38.4 Å². The number of carboxylic acids is 1. The van der Waals surface area contributed by atoms with E-state index in [0.717, 1.165) is 11.8 Å². The summed E-state index contributed by atoms with van der Waals surface area (Å²) >= 11 is 12.1. The first-order valence-corrected chi connectivity index (χ1v) is 20.6. The second kappa shape index (κ2) is 21.1. The first-order chi connectivity index (χ1) is 27.3. The van der Waals surface area contributed by atoms with Crippen LogP contribution >= 0.6 is 23.2 Å². The predicted molar refractivity (Wildman–Crippen MR) is 217 cm³/mol. The van der Waals surface area contributed by atoms with Gasteiger partial charge in [0.1, 0.15) is 42.5 Å². The van der Waals surface area contributed by atoms with Crippen molar-refractivity contribution < 1.29 is 63.9 Å². The van der Waals surface area contributed by atoms with Crippen molar-refractivity contribution >= 4 is 67.8 Å². The number of hydrogen-bond donors (Lipinski definition) is 3. The van der Waals surface area contributed by atoms with Crippen LogP contribution < -0.4 is 38.7 Å². The lowest BCUT2D eigenvalue weighted by atomic mass is 10.2. The summed E-state index contributed by atoms with van der Waals surface area (Å²) in [6.45, 7) is 8.22. The molecule has 0 aliphatic heterocycles. The Morgan fingerprint density at radius 3 is 1.57 bits per heavy atom. The molecule has 0 bridgehead atoms. The van der Waals surface area contributed by atoms with Gasteiger partial charge >= 0.3 is 26.2 Å². The van der Waals surface area contributed by atoms with Crippen LogP contribution in [-0.4, -0.2) is 70.2 Å². The number of benzene rings is 4. The van der Waals surface area contributed by atoms with E-state index in [2.05, 4.69) is 10.5 Å². The first-order valence-electron chi connectivity index (χ1n) is 17.0. The molecule has 58 heavy (non-hydrogen) atoms. The lowest BCUT2D eigenvalue weighted by Crippen LogP contribution is -2.43. The number of nitrogens with zero attached hydrogens (tertiary/aromatic N) is 3. The van der Waals surface area contributed by atoms with E-state index < -0.39 is 26.2 Å². The van der Waals surface area contributed by atoms with Gasteiger partial charge in [-0.3, -0.25) is 4.79 Å². The summed E-state index contributed by atoms with van der Waals surface area (Å²) in [6, 6.07) is 17.3. The van der Waals surface area contributed by atoms with E-state index in [1.165, 1.54) is 79.7 Å². The highest BCUT2D eigenvalue weighted by molar-refractivity contribution is 7.87. The highest BCUT2D eigenvalue weighted by Crippen LogP contribution is 2.33. The number of carboxylic acid groups (broad SMARTS) is 1.